The van der Waals surface area contributed by atoms with Crippen LogP contribution in [0.1, 0.15) is 12.1 Å². The van der Waals surface area contributed by atoms with Crippen LogP contribution in [-0.4, -0.2) is 40.7 Å². The highest BCUT2D eigenvalue weighted by molar-refractivity contribution is 6.69. The van der Waals surface area contributed by atoms with Crippen LogP contribution in [0.3, 0.4) is 0 Å². The van der Waals surface area contributed by atoms with Crippen LogP contribution in [0.25, 0.3) is 0 Å². The van der Waals surface area contributed by atoms with Crippen LogP contribution >= 0.6 is 11.6 Å². The van der Waals surface area contributed by atoms with Gasteiger partial charge in [-0.05, 0) is 0 Å². The molecule has 0 saturated carbocycles. The molecule has 6 nitrogen and oxygen atoms in total. The molecule has 1 aromatic heterocycles. The van der Waals surface area contributed by atoms with Crippen LogP contribution in [0.5, 0.6) is 5.88 Å². The van der Waals surface area contributed by atoms with Gasteiger partial charge in [0.1, 0.15) is 5.69 Å². The fourth-order valence-electron chi connectivity index (χ4n) is 0.928. The van der Waals surface area contributed by atoms with Crippen LogP contribution in [0.15, 0.2) is 17.5 Å². The molecule has 0 radical (unpaired) electrons. The normalized spacial score (nSPS) is 11.5. The quantitative estimate of drug-likeness (QED) is 0.353. The molecule has 0 aliphatic heterocycles. The van der Waals surface area contributed by atoms with Gasteiger partial charge in [0, 0.05) is 20.1 Å². The van der Waals surface area contributed by atoms with Crippen molar-refractivity contribution in [3.8, 4) is 5.88 Å². The van der Waals surface area contributed by atoms with Gasteiger partial charge in [0.25, 0.3) is 0 Å². The lowest BCUT2D eigenvalue weighted by molar-refractivity contribution is 0.170. The van der Waals surface area contributed by atoms with E-state index in [1.54, 1.807) is 7.11 Å². The van der Waals surface area contributed by atoms with Crippen LogP contribution in [-0.2, 0) is 4.74 Å². The topological polar surface area (TPSA) is 76.8 Å². The van der Waals surface area contributed by atoms with Crippen LogP contribution in [0.4, 0.5) is 0 Å². The van der Waals surface area contributed by atoms with Gasteiger partial charge in [0.05, 0.1) is 19.0 Å². The summed E-state index contributed by atoms with van der Waals surface area (Å²) in [7, 11) is 1.63. The number of hydrogen-bond acceptors (Lipinski definition) is 6. The van der Waals surface area contributed by atoms with Crippen molar-refractivity contribution >= 4 is 16.8 Å². The Labute approximate surface area is 97.9 Å². The molecule has 1 heterocycles. The smallest absolute Gasteiger partial charge is 0.232 e. The lowest BCUT2D eigenvalue weighted by Gasteiger charge is -2.04. The zero-order valence-electron chi connectivity index (χ0n) is 8.76. The molecular formula is C9H12ClN3O3. The van der Waals surface area contributed by atoms with E-state index in [0.29, 0.717) is 19.1 Å². The molecule has 1 N–H and O–H groups in total. The molecule has 0 aromatic carbocycles. The summed E-state index contributed by atoms with van der Waals surface area (Å²) in [6.07, 6.45) is 3.56. The molecule has 0 atom stereocenters. The second kappa shape index (κ2) is 6.97. The van der Waals surface area contributed by atoms with Crippen molar-refractivity contribution in [2.45, 2.75) is 6.42 Å². The van der Waals surface area contributed by atoms with Crippen molar-refractivity contribution in [1.82, 2.24) is 9.97 Å². The fraction of sp³-hybridized carbons (Fsp3) is 0.444. The average molecular weight is 246 g/mol. The number of nitrogens with zero attached hydrogens (tertiary/aromatic N) is 3. The van der Waals surface area contributed by atoms with Crippen molar-refractivity contribution in [3.05, 3.63) is 18.1 Å². The second-order valence-electron chi connectivity index (χ2n) is 2.83. The molecule has 0 spiro atoms. The Hall–Kier alpha value is -1.40. The maximum absolute atomic E-state index is 8.40. The summed E-state index contributed by atoms with van der Waals surface area (Å²) in [6, 6.07) is 0. The first-order chi connectivity index (χ1) is 7.77. The van der Waals surface area contributed by atoms with E-state index in [2.05, 4.69) is 15.1 Å². The summed E-state index contributed by atoms with van der Waals surface area (Å²) in [5, 5.41) is 11.1. The van der Waals surface area contributed by atoms with Crippen molar-refractivity contribution in [2.75, 3.05) is 20.3 Å². The third-order valence-corrected chi connectivity index (χ3v) is 1.94. The highest BCUT2D eigenvalue weighted by Gasteiger charge is 2.03. The van der Waals surface area contributed by atoms with Gasteiger partial charge in [0.15, 0.2) is 5.17 Å². The maximum atomic E-state index is 8.40. The van der Waals surface area contributed by atoms with E-state index in [-0.39, 0.29) is 10.9 Å². The number of hydrogen-bond donors (Lipinski definition) is 1. The minimum absolute atomic E-state index is 0.113. The van der Waals surface area contributed by atoms with E-state index in [4.69, 9.17) is 26.3 Å². The van der Waals surface area contributed by atoms with Gasteiger partial charge >= 0.3 is 0 Å². The molecule has 16 heavy (non-hydrogen) atoms. The molecular weight excluding hydrogens is 234 g/mol. The Morgan fingerprint density at radius 1 is 1.44 bits per heavy atom. The second-order valence-corrected chi connectivity index (χ2v) is 3.18. The molecule has 1 aromatic rings. The number of oxime groups is 1. The number of ether oxygens (including phenoxy) is 2. The largest absolute Gasteiger partial charge is 0.476 e. The van der Waals surface area contributed by atoms with Gasteiger partial charge in [-0.2, -0.15) is 0 Å². The van der Waals surface area contributed by atoms with E-state index in [1.165, 1.54) is 12.4 Å². The number of aromatic nitrogens is 2. The number of halogens is 1. The molecule has 1 rings (SSSR count). The van der Waals surface area contributed by atoms with Crippen LogP contribution in [0, 0.1) is 0 Å². The van der Waals surface area contributed by atoms with E-state index in [9.17, 15) is 0 Å². The van der Waals surface area contributed by atoms with Gasteiger partial charge in [-0.25, -0.2) is 9.97 Å². The van der Waals surface area contributed by atoms with E-state index < -0.39 is 0 Å². The van der Waals surface area contributed by atoms with Crippen LogP contribution in [0.2, 0.25) is 0 Å². The third kappa shape index (κ3) is 4.00. The van der Waals surface area contributed by atoms with Gasteiger partial charge in [-0.1, -0.05) is 16.8 Å². The Kier molecular flexibility index (Phi) is 5.52. The molecule has 0 saturated heterocycles. The van der Waals surface area contributed by atoms with E-state index >= 15 is 0 Å². The highest BCUT2D eigenvalue weighted by Crippen LogP contribution is 2.06. The molecule has 0 aliphatic rings. The molecule has 0 bridgehead atoms. The van der Waals surface area contributed by atoms with E-state index in [0.717, 1.165) is 6.42 Å². The summed E-state index contributed by atoms with van der Waals surface area (Å²) in [4.78, 5) is 7.85. The lowest BCUT2D eigenvalue weighted by atomic mass is 10.5. The third-order valence-electron chi connectivity index (χ3n) is 1.67. The first kappa shape index (κ1) is 12.7. The van der Waals surface area contributed by atoms with Gasteiger partial charge in [-0.15, -0.1) is 0 Å². The van der Waals surface area contributed by atoms with Crippen molar-refractivity contribution < 1.29 is 14.7 Å². The summed E-state index contributed by atoms with van der Waals surface area (Å²) in [6.45, 7) is 1.14. The first-order valence-electron chi connectivity index (χ1n) is 4.59. The number of methoxy groups -OCH3 is 1. The molecule has 0 unspecified atom stereocenters. The van der Waals surface area contributed by atoms with E-state index in [1.807, 2.05) is 0 Å². The summed E-state index contributed by atoms with van der Waals surface area (Å²) in [5.74, 6) is 0.391. The Bertz CT molecular complexity index is 342. The average Bonchev–Trinajstić information content (AvgIpc) is 2.34. The highest BCUT2D eigenvalue weighted by atomic mass is 35.5. The monoisotopic (exact) mass is 245 g/mol. The minimum atomic E-state index is -0.113. The zero-order valence-corrected chi connectivity index (χ0v) is 9.52. The molecule has 7 heteroatoms. The Balaban J connectivity index is 2.45. The zero-order chi connectivity index (χ0) is 11.8. The lowest BCUT2D eigenvalue weighted by Crippen LogP contribution is -2.04. The maximum Gasteiger partial charge on any atom is 0.232 e. The van der Waals surface area contributed by atoms with Gasteiger partial charge in [-0.3, -0.25) is 0 Å². The predicted molar refractivity (Wildman–Crippen MR) is 58.2 cm³/mol. The van der Waals surface area contributed by atoms with Gasteiger partial charge in [0.2, 0.25) is 5.88 Å². The summed E-state index contributed by atoms with van der Waals surface area (Å²) in [5.41, 5.74) is 0.286. The predicted octanol–water partition coefficient (Wildman–Crippen LogP) is 1.27. The summed E-state index contributed by atoms with van der Waals surface area (Å²) < 4.78 is 10.1. The SMILES string of the molecule is COCCCOc1cnc(C(Cl)=NO)cn1. The van der Waals surface area contributed by atoms with Crippen molar-refractivity contribution in [1.29, 1.82) is 0 Å². The number of rotatable bonds is 6. The molecule has 88 valence electrons. The Morgan fingerprint density at radius 3 is 2.81 bits per heavy atom. The molecule has 0 fully saturated rings. The van der Waals surface area contributed by atoms with Crippen molar-refractivity contribution in [2.24, 2.45) is 5.16 Å². The van der Waals surface area contributed by atoms with Gasteiger partial charge < -0.3 is 14.7 Å². The van der Waals surface area contributed by atoms with Crippen LogP contribution < -0.4 is 4.74 Å². The fourth-order valence-corrected chi connectivity index (χ4v) is 1.03. The molecule has 0 aliphatic carbocycles. The van der Waals surface area contributed by atoms with Crippen molar-refractivity contribution in [3.63, 3.8) is 0 Å². The molecule has 0 amide bonds. The minimum Gasteiger partial charge on any atom is -0.476 e. The summed E-state index contributed by atoms with van der Waals surface area (Å²) >= 11 is 5.53. The standard InChI is InChI=1S/C9H12ClN3O3/c1-15-3-2-4-16-8-6-11-7(5-12-8)9(10)13-14/h5-6,14H,2-4H2,1H3. The first-order valence-corrected chi connectivity index (χ1v) is 4.97. The Morgan fingerprint density at radius 2 is 2.25 bits per heavy atom.